The fraction of sp³-hybridized carbons (Fsp3) is 0.231. The Morgan fingerprint density at radius 1 is 1.39 bits per heavy atom. The molecule has 0 saturated carbocycles. The molecule has 3 aromatic heterocycles. The molecule has 3 aromatic rings. The molecule has 0 saturated heterocycles. The summed E-state index contributed by atoms with van der Waals surface area (Å²) in [5.41, 5.74) is 0. The molecular formula is C13H13N3OS. The lowest BCUT2D eigenvalue weighted by Crippen LogP contribution is -2.07. The molecule has 4 nitrogen and oxygen atoms in total. The van der Waals surface area contributed by atoms with E-state index in [2.05, 4.69) is 28.3 Å². The number of fused-ring (bicyclic) bond motifs is 1. The van der Waals surface area contributed by atoms with Gasteiger partial charge in [-0.05, 0) is 32.0 Å². The highest BCUT2D eigenvalue weighted by molar-refractivity contribution is 7.18. The average Bonchev–Trinajstić information content (AvgIpc) is 2.96. The number of aromatic nitrogens is 2. The predicted molar refractivity (Wildman–Crippen MR) is 72.9 cm³/mol. The Labute approximate surface area is 109 Å². The maximum Gasteiger partial charge on any atom is 0.138 e. The van der Waals surface area contributed by atoms with Gasteiger partial charge in [0.05, 0.1) is 17.7 Å². The van der Waals surface area contributed by atoms with Crippen LogP contribution < -0.4 is 5.32 Å². The highest BCUT2D eigenvalue weighted by Crippen LogP contribution is 2.29. The number of thiophene rings is 1. The van der Waals surface area contributed by atoms with Gasteiger partial charge in [-0.25, -0.2) is 9.97 Å². The molecule has 0 bridgehead atoms. The summed E-state index contributed by atoms with van der Waals surface area (Å²) in [5.74, 6) is 1.75. The number of hydrogen-bond acceptors (Lipinski definition) is 5. The lowest BCUT2D eigenvalue weighted by atomic mass is 10.2. The summed E-state index contributed by atoms with van der Waals surface area (Å²) in [6, 6.07) is 6.03. The standard InChI is InChI=1S/C13H13N3OS/c1-8-6-10-12(14-7-15-13(10)18-8)16-9(2)11-4-3-5-17-11/h3-7,9H,1-2H3,(H,14,15,16). The van der Waals surface area contributed by atoms with Gasteiger partial charge in [-0.2, -0.15) is 0 Å². The molecule has 0 spiro atoms. The van der Waals surface area contributed by atoms with Crippen LogP contribution in [0.5, 0.6) is 0 Å². The van der Waals surface area contributed by atoms with E-state index in [9.17, 15) is 0 Å². The van der Waals surface area contributed by atoms with Crippen LogP contribution in [0.2, 0.25) is 0 Å². The summed E-state index contributed by atoms with van der Waals surface area (Å²) in [5, 5.41) is 4.43. The molecule has 5 heteroatoms. The summed E-state index contributed by atoms with van der Waals surface area (Å²) >= 11 is 1.68. The van der Waals surface area contributed by atoms with Gasteiger partial charge in [0.15, 0.2) is 0 Å². The van der Waals surface area contributed by atoms with Crippen molar-refractivity contribution in [2.75, 3.05) is 5.32 Å². The number of hydrogen-bond donors (Lipinski definition) is 1. The Kier molecular flexibility index (Phi) is 2.76. The fourth-order valence-electron chi connectivity index (χ4n) is 1.90. The molecule has 3 rings (SSSR count). The molecule has 1 N–H and O–H groups in total. The van der Waals surface area contributed by atoms with Crippen molar-refractivity contribution >= 4 is 27.4 Å². The van der Waals surface area contributed by atoms with Gasteiger partial charge in [0, 0.05) is 4.88 Å². The number of rotatable bonds is 3. The smallest absolute Gasteiger partial charge is 0.138 e. The third-order valence-corrected chi connectivity index (χ3v) is 3.73. The lowest BCUT2D eigenvalue weighted by Gasteiger charge is -2.12. The van der Waals surface area contributed by atoms with E-state index >= 15 is 0 Å². The molecule has 3 heterocycles. The Morgan fingerprint density at radius 2 is 2.28 bits per heavy atom. The van der Waals surface area contributed by atoms with Crippen molar-refractivity contribution in [3.8, 4) is 0 Å². The fourth-order valence-corrected chi connectivity index (χ4v) is 2.75. The number of anilines is 1. The van der Waals surface area contributed by atoms with Crippen LogP contribution in [-0.4, -0.2) is 9.97 Å². The molecule has 0 radical (unpaired) electrons. The second-order valence-corrected chi connectivity index (χ2v) is 5.41. The van der Waals surface area contributed by atoms with Gasteiger partial charge in [-0.3, -0.25) is 0 Å². The van der Waals surface area contributed by atoms with E-state index in [1.54, 1.807) is 23.9 Å². The molecule has 1 unspecified atom stereocenters. The number of aryl methyl sites for hydroxylation is 1. The Morgan fingerprint density at radius 3 is 3.06 bits per heavy atom. The van der Waals surface area contributed by atoms with Crippen molar-refractivity contribution in [2.45, 2.75) is 19.9 Å². The van der Waals surface area contributed by atoms with Gasteiger partial charge in [0.2, 0.25) is 0 Å². The SMILES string of the molecule is Cc1cc2c(NC(C)c3ccco3)ncnc2s1. The Bertz CT molecular complexity index is 660. The van der Waals surface area contributed by atoms with Crippen molar-refractivity contribution in [2.24, 2.45) is 0 Å². The zero-order chi connectivity index (χ0) is 12.5. The molecule has 18 heavy (non-hydrogen) atoms. The van der Waals surface area contributed by atoms with Crippen molar-refractivity contribution in [3.63, 3.8) is 0 Å². The highest BCUT2D eigenvalue weighted by atomic mass is 32.1. The number of nitrogens with one attached hydrogen (secondary N) is 1. The zero-order valence-electron chi connectivity index (χ0n) is 10.2. The first-order valence-corrected chi connectivity index (χ1v) is 6.57. The first-order chi connectivity index (χ1) is 8.74. The highest BCUT2D eigenvalue weighted by Gasteiger charge is 2.12. The van der Waals surface area contributed by atoms with Gasteiger partial charge in [-0.1, -0.05) is 0 Å². The topological polar surface area (TPSA) is 51.0 Å². The minimum absolute atomic E-state index is 0.0818. The van der Waals surface area contributed by atoms with Crippen LogP contribution in [0, 0.1) is 6.92 Å². The quantitative estimate of drug-likeness (QED) is 0.778. The molecule has 0 fully saturated rings. The normalized spacial score (nSPS) is 12.8. The maximum absolute atomic E-state index is 5.38. The molecular weight excluding hydrogens is 246 g/mol. The van der Waals surface area contributed by atoms with E-state index in [4.69, 9.17) is 4.42 Å². The number of nitrogens with zero attached hydrogens (tertiary/aromatic N) is 2. The molecule has 0 aliphatic rings. The van der Waals surface area contributed by atoms with E-state index in [1.165, 1.54) is 4.88 Å². The van der Waals surface area contributed by atoms with Crippen LogP contribution in [0.1, 0.15) is 23.6 Å². The van der Waals surface area contributed by atoms with Crippen LogP contribution in [0.25, 0.3) is 10.2 Å². The average molecular weight is 259 g/mol. The van der Waals surface area contributed by atoms with Gasteiger partial charge in [0.1, 0.15) is 22.7 Å². The number of furan rings is 1. The van der Waals surface area contributed by atoms with Crippen LogP contribution in [-0.2, 0) is 0 Å². The third-order valence-electron chi connectivity index (χ3n) is 2.78. The molecule has 0 aromatic carbocycles. The predicted octanol–water partition coefficient (Wildman–Crippen LogP) is 3.77. The molecule has 92 valence electrons. The minimum atomic E-state index is 0.0818. The Balaban J connectivity index is 1.95. The second kappa shape index (κ2) is 4.42. The van der Waals surface area contributed by atoms with Crippen LogP contribution >= 0.6 is 11.3 Å². The minimum Gasteiger partial charge on any atom is -0.467 e. The molecule has 0 aliphatic heterocycles. The summed E-state index contributed by atoms with van der Waals surface area (Å²) in [6.45, 7) is 4.12. The first kappa shape index (κ1) is 11.2. The van der Waals surface area contributed by atoms with Crippen LogP contribution in [0.4, 0.5) is 5.82 Å². The summed E-state index contributed by atoms with van der Waals surface area (Å²) < 4.78 is 5.38. The molecule has 0 amide bonds. The van der Waals surface area contributed by atoms with Crippen LogP contribution in [0.15, 0.2) is 35.2 Å². The molecule has 1 atom stereocenters. The maximum atomic E-state index is 5.38. The van der Waals surface area contributed by atoms with E-state index in [-0.39, 0.29) is 6.04 Å². The second-order valence-electron chi connectivity index (χ2n) is 4.18. The van der Waals surface area contributed by atoms with E-state index in [0.717, 1.165) is 21.8 Å². The van der Waals surface area contributed by atoms with Crippen molar-refractivity contribution in [1.29, 1.82) is 0 Å². The van der Waals surface area contributed by atoms with Gasteiger partial charge < -0.3 is 9.73 Å². The van der Waals surface area contributed by atoms with E-state index in [0.29, 0.717) is 0 Å². The van der Waals surface area contributed by atoms with Gasteiger partial charge in [0.25, 0.3) is 0 Å². The third kappa shape index (κ3) is 1.97. The van der Waals surface area contributed by atoms with Crippen molar-refractivity contribution < 1.29 is 4.42 Å². The van der Waals surface area contributed by atoms with E-state index < -0.39 is 0 Å². The van der Waals surface area contributed by atoms with Crippen LogP contribution in [0.3, 0.4) is 0 Å². The summed E-state index contributed by atoms with van der Waals surface area (Å²) in [4.78, 5) is 10.8. The monoisotopic (exact) mass is 259 g/mol. The largest absolute Gasteiger partial charge is 0.467 e. The van der Waals surface area contributed by atoms with Gasteiger partial charge in [-0.15, -0.1) is 11.3 Å². The lowest BCUT2D eigenvalue weighted by molar-refractivity contribution is 0.490. The summed E-state index contributed by atoms with van der Waals surface area (Å²) in [7, 11) is 0. The van der Waals surface area contributed by atoms with Gasteiger partial charge >= 0.3 is 0 Å². The van der Waals surface area contributed by atoms with Crippen molar-refractivity contribution in [1.82, 2.24) is 9.97 Å². The van der Waals surface area contributed by atoms with Crippen molar-refractivity contribution in [3.05, 3.63) is 41.4 Å². The Hall–Kier alpha value is -1.88. The zero-order valence-corrected chi connectivity index (χ0v) is 11.0. The first-order valence-electron chi connectivity index (χ1n) is 5.75. The summed E-state index contributed by atoms with van der Waals surface area (Å²) in [6.07, 6.45) is 3.27. The molecule has 0 aliphatic carbocycles. The van der Waals surface area contributed by atoms with E-state index in [1.807, 2.05) is 19.1 Å².